The zero-order chi connectivity index (χ0) is 13.5. The average Bonchev–Trinajstić information content (AvgIpc) is 2.33. The number of alkyl halides is 1. The Morgan fingerprint density at radius 2 is 1.94 bits per heavy atom. The highest BCUT2D eigenvalue weighted by Crippen LogP contribution is 2.23. The Bertz CT molecular complexity index is 409. The first-order chi connectivity index (χ1) is 8.56. The predicted molar refractivity (Wildman–Crippen MR) is 86.4 cm³/mol. The van der Waals surface area contributed by atoms with Gasteiger partial charge >= 0.3 is 0 Å². The van der Waals surface area contributed by atoms with Gasteiger partial charge < -0.3 is 4.90 Å². The lowest BCUT2D eigenvalue weighted by Gasteiger charge is -2.18. The zero-order valence-corrected chi connectivity index (χ0v) is 15.0. The number of unbranched alkanes of at least 4 members (excludes halogenated alkanes) is 2. The van der Waals surface area contributed by atoms with Crippen molar-refractivity contribution in [2.45, 2.75) is 19.3 Å². The minimum atomic E-state index is 0.0632. The Hall–Kier alpha value is 0.130. The van der Waals surface area contributed by atoms with Gasteiger partial charge in [-0.25, -0.2) is 0 Å². The standard InChI is InChI=1S/C13H16Br3NO/c1-17(8-4-2-3-7-14)13(18)11-6-5-10(15)9-12(11)16/h5-6,9H,2-4,7-8H2,1H3. The van der Waals surface area contributed by atoms with Gasteiger partial charge in [0.15, 0.2) is 0 Å². The summed E-state index contributed by atoms with van der Waals surface area (Å²) in [6, 6.07) is 5.62. The summed E-state index contributed by atoms with van der Waals surface area (Å²) < 4.78 is 1.79. The van der Waals surface area contributed by atoms with Gasteiger partial charge in [0.25, 0.3) is 5.91 Å². The van der Waals surface area contributed by atoms with E-state index in [-0.39, 0.29) is 5.91 Å². The molecule has 1 amide bonds. The monoisotopic (exact) mass is 439 g/mol. The van der Waals surface area contributed by atoms with Crippen LogP contribution in [0.3, 0.4) is 0 Å². The van der Waals surface area contributed by atoms with Crippen LogP contribution in [-0.2, 0) is 0 Å². The van der Waals surface area contributed by atoms with Crippen LogP contribution in [0.2, 0.25) is 0 Å². The molecule has 0 radical (unpaired) electrons. The highest BCUT2D eigenvalue weighted by atomic mass is 79.9. The lowest BCUT2D eigenvalue weighted by atomic mass is 10.2. The maximum Gasteiger partial charge on any atom is 0.254 e. The van der Waals surface area contributed by atoms with Crippen molar-refractivity contribution in [1.82, 2.24) is 4.90 Å². The Labute approximate surface area is 134 Å². The quantitative estimate of drug-likeness (QED) is 0.456. The number of amides is 1. The molecule has 0 fully saturated rings. The fourth-order valence-corrected chi connectivity index (χ4v) is 3.20. The molecule has 0 heterocycles. The van der Waals surface area contributed by atoms with Gasteiger partial charge in [-0.05, 0) is 47.0 Å². The lowest BCUT2D eigenvalue weighted by Crippen LogP contribution is -2.28. The summed E-state index contributed by atoms with van der Waals surface area (Å²) >= 11 is 10.2. The molecule has 1 aromatic carbocycles. The predicted octanol–water partition coefficient (Wildman–Crippen LogP) is 4.85. The van der Waals surface area contributed by atoms with Crippen LogP contribution in [0.4, 0.5) is 0 Å². The molecule has 0 saturated heterocycles. The minimum Gasteiger partial charge on any atom is -0.342 e. The molecule has 100 valence electrons. The van der Waals surface area contributed by atoms with Gasteiger partial charge in [0.05, 0.1) is 5.56 Å². The summed E-state index contributed by atoms with van der Waals surface area (Å²) in [5.74, 6) is 0.0632. The third-order valence-corrected chi connectivity index (χ3v) is 4.35. The van der Waals surface area contributed by atoms with E-state index < -0.39 is 0 Å². The zero-order valence-electron chi connectivity index (χ0n) is 10.3. The van der Waals surface area contributed by atoms with E-state index in [9.17, 15) is 4.79 Å². The third kappa shape index (κ3) is 5.02. The number of rotatable bonds is 6. The maximum absolute atomic E-state index is 12.2. The van der Waals surface area contributed by atoms with Crippen LogP contribution >= 0.6 is 47.8 Å². The number of hydrogen-bond acceptors (Lipinski definition) is 1. The van der Waals surface area contributed by atoms with E-state index in [2.05, 4.69) is 47.8 Å². The molecule has 0 bridgehead atoms. The van der Waals surface area contributed by atoms with Crippen molar-refractivity contribution in [3.63, 3.8) is 0 Å². The molecule has 1 rings (SSSR count). The fraction of sp³-hybridized carbons (Fsp3) is 0.462. The second-order valence-electron chi connectivity index (χ2n) is 4.10. The average molecular weight is 442 g/mol. The smallest absolute Gasteiger partial charge is 0.254 e. The molecule has 0 saturated carbocycles. The fourth-order valence-electron chi connectivity index (χ4n) is 1.59. The molecule has 2 nitrogen and oxygen atoms in total. The molecule has 5 heteroatoms. The van der Waals surface area contributed by atoms with Crippen molar-refractivity contribution in [3.8, 4) is 0 Å². The van der Waals surface area contributed by atoms with Gasteiger partial charge in [0, 0.05) is 27.9 Å². The van der Waals surface area contributed by atoms with Crippen LogP contribution in [0, 0.1) is 0 Å². The van der Waals surface area contributed by atoms with Crippen LogP contribution in [0.5, 0.6) is 0 Å². The van der Waals surface area contributed by atoms with Crippen molar-refractivity contribution in [1.29, 1.82) is 0 Å². The van der Waals surface area contributed by atoms with Gasteiger partial charge in [-0.1, -0.05) is 38.3 Å². The van der Waals surface area contributed by atoms with Gasteiger partial charge in [-0.2, -0.15) is 0 Å². The van der Waals surface area contributed by atoms with E-state index in [1.165, 1.54) is 0 Å². The summed E-state index contributed by atoms with van der Waals surface area (Å²) in [5.41, 5.74) is 0.709. The highest BCUT2D eigenvalue weighted by Gasteiger charge is 2.14. The van der Waals surface area contributed by atoms with E-state index in [4.69, 9.17) is 0 Å². The molecular weight excluding hydrogens is 426 g/mol. The maximum atomic E-state index is 12.2. The minimum absolute atomic E-state index is 0.0632. The Kier molecular flexibility index (Phi) is 7.49. The van der Waals surface area contributed by atoms with Crippen LogP contribution in [-0.4, -0.2) is 29.7 Å². The molecule has 0 atom stereocenters. The largest absolute Gasteiger partial charge is 0.342 e. The number of halogens is 3. The molecule has 0 aliphatic carbocycles. The molecule has 0 aliphatic rings. The number of carbonyl (C=O) groups excluding carboxylic acids is 1. The first kappa shape index (κ1) is 16.2. The number of hydrogen-bond donors (Lipinski definition) is 0. The summed E-state index contributed by atoms with van der Waals surface area (Å²) in [4.78, 5) is 14.0. The van der Waals surface area contributed by atoms with E-state index >= 15 is 0 Å². The molecule has 1 aromatic rings. The summed E-state index contributed by atoms with van der Waals surface area (Å²) in [5, 5.41) is 1.03. The van der Waals surface area contributed by atoms with Crippen LogP contribution in [0.1, 0.15) is 29.6 Å². The van der Waals surface area contributed by atoms with Gasteiger partial charge in [0.2, 0.25) is 0 Å². The Morgan fingerprint density at radius 3 is 2.56 bits per heavy atom. The van der Waals surface area contributed by atoms with Crippen LogP contribution in [0.15, 0.2) is 27.1 Å². The number of carbonyl (C=O) groups is 1. The molecular formula is C13H16Br3NO. The highest BCUT2D eigenvalue weighted by molar-refractivity contribution is 9.11. The number of benzene rings is 1. The normalized spacial score (nSPS) is 10.4. The lowest BCUT2D eigenvalue weighted by molar-refractivity contribution is 0.0792. The Balaban J connectivity index is 2.57. The number of nitrogens with zero attached hydrogens (tertiary/aromatic N) is 1. The van der Waals surface area contributed by atoms with Crippen molar-refractivity contribution >= 4 is 53.7 Å². The summed E-state index contributed by atoms with van der Waals surface area (Å²) in [7, 11) is 1.85. The topological polar surface area (TPSA) is 20.3 Å². The second kappa shape index (κ2) is 8.33. The van der Waals surface area contributed by atoms with Crippen molar-refractivity contribution in [3.05, 3.63) is 32.7 Å². The van der Waals surface area contributed by atoms with Gasteiger partial charge in [0.1, 0.15) is 0 Å². The summed E-state index contributed by atoms with van der Waals surface area (Å²) in [6.45, 7) is 0.800. The van der Waals surface area contributed by atoms with Crippen molar-refractivity contribution < 1.29 is 4.79 Å². The van der Waals surface area contributed by atoms with Crippen molar-refractivity contribution in [2.24, 2.45) is 0 Å². The third-order valence-electron chi connectivity index (χ3n) is 2.64. The molecule has 0 N–H and O–H groups in total. The van der Waals surface area contributed by atoms with Crippen LogP contribution in [0.25, 0.3) is 0 Å². The molecule has 0 unspecified atom stereocenters. The van der Waals surface area contributed by atoms with E-state index in [0.29, 0.717) is 5.56 Å². The van der Waals surface area contributed by atoms with Gasteiger partial charge in [-0.15, -0.1) is 0 Å². The first-order valence-electron chi connectivity index (χ1n) is 5.82. The van der Waals surface area contributed by atoms with E-state index in [1.54, 1.807) is 4.90 Å². The van der Waals surface area contributed by atoms with Crippen LogP contribution < -0.4 is 0 Å². The summed E-state index contributed by atoms with van der Waals surface area (Å²) in [6.07, 6.45) is 3.34. The first-order valence-corrected chi connectivity index (χ1v) is 8.53. The Morgan fingerprint density at radius 1 is 1.22 bits per heavy atom. The molecule has 0 aliphatic heterocycles. The van der Waals surface area contributed by atoms with Gasteiger partial charge in [-0.3, -0.25) is 4.79 Å². The van der Waals surface area contributed by atoms with Crippen molar-refractivity contribution in [2.75, 3.05) is 18.9 Å². The molecule has 18 heavy (non-hydrogen) atoms. The molecule has 0 spiro atoms. The van der Waals surface area contributed by atoms with E-state index in [0.717, 1.165) is 40.1 Å². The van der Waals surface area contributed by atoms with E-state index in [1.807, 2.05) is 25.2 Å². The molecule has 0 aromatic heterocycles. The second-order valence-corrected chi connectivity index (χ2v) is 6.66. The SMILES string of the molecule is CN(CCCCCBr)C(=O)c1ccc(Br)cc1Br.